The zero-order valence-corrected chi connectivity index (χ0v) is 24.4. The van der Waals surface area contributed by atoms with Gasteiger partial charge >= 0.3 is 25.7 Å². The van der Waals surface area contributed by atoms with Gasteiger partial charge in [-0.1, -0.05) is 19.8 Å². The molecule has 0 aromatic heterocycles. The number of hydrogen-bond donors (Lipinski definition) is 1. The minimum absolute atomic E-state index is 0.330. The molecule has 176 valence electrons. The van der Waals surface area contributed by atoms with E-state index in [4.69, 9.17) is 26.2 Å². The number of ether oxygens (including phenoxy) is 2. The van der Waals surface area contributed by atoms with E-state index >= 15 is 0 Å². The largest absolute Gasteiger partial charge is 0.435 e. The van der Waals surface area contributed by atoms with Crippen molar-refractivity contribution in [2.45, 2.75) is 84.7 Å². The van der Waals surface area contributed by atoms with Crippen molar-refractivity contribution in [1.82, 2.24) is 0 Å². The second kappa shape index (κ2) is 13.2. The second-order valence-corrected chi connectivity index (χ2v) is 24.3. The molecule has 0 aromatic carbocycles. The Morgan fingerprint density at radius 3 is 1.90 bits per heavy atom. The minimum atomic E-state index is -2.39. The molecule has 0 rings (SSSR count). The molecular formula is C18H46O7Si4. The van der Waals surface area contributed by atoms with Gasteiger partial charge in [0, 0.05) is 7.11 Å². The Labute approximate surface area is 183 Å². The molecular weight excluding hydrogens is 441 g/mol. The summed E-state index contributed by atoms with van der Waals surface area (Å²) < 4.78 is 36.4. The fourth-order valence-electron chi connectivity index (χ4n) is 3.23. The molecule has 0 spiro atoms. The molecule has 2 atom stereocenters. The topological polar surface area (TPSA) is 75.6 Å². The molecule has 0 radical (unpaired) electrons. The second-order valence-electron chi connectivity index (χ2n) is 9.28. The lowest BCUT2D eigenvalue weighted by Crippen LogP contribution is -2.58. The summed E-state index contributed by atoms with van der Waals surface area (Å²) in [5, 5.41) is 9.19. The van der Waals surface area contributed by atoms with Crippen molar-refractivity contribution in [2.24, 2.45) is 0 Å². The van der Waals surface area contributed by atoms with Gasteiger partial charge in [-0.15, -0.1) is 0 Å². The highest BCUT2D eigenvalue weighted by Gasteiger charge is 2.45. The first-order chi connectivity index (χ1) is 13.2. The molecule has 1 N–H and O–H groups in total. The summed E-state index contributed by atoms with van der Waals surface area (Å²) in [7, 11) is -7.30. The van der Waals surface area contributed by atoms with Crippen LogP contribution in [0.4, 0.5) is 0 Å². The van der Waals surface area contributed by atoms with Crippen LogP contribution in [-0.2, 0) is 26.2 Å². The summed E-state index contributed by atoms with van der Waals surface area (Å²) in [5.74, 6) is 0. The number of unbranched alkanes of at least 4 members (excludes halogenated alkanes) is 1. The van der Waals surface area contributed by atoms with E-state index in [-0.39, 0.29) is 0 Å². The maximum atomic E-state index is 9.19. The Kier molecular flexibility index (Phi) is 13.5. The van der Waals surface area contributed by atoms with E-state index in [1.807, 2.05) is 0 Å². The smallest absolute Gasteiger partial charge is 0.325 e. The first-order valence-electron chi connectivity index (χ1n) is 10.6. The van der Waals surface area contributed by atoms with Crippen LogP contribution in [0.2, 0.25) is 51.9 Å². The van der Waals surface area contributed by atoms with Gasteiger partial charge in [-0.05, 0) is 58.8 Å². The van der Waals surface area contributed by atoms with Crippen LogP contribution in [0.25, 0.3) is 0 Å². The van der Waals surface area contributed by atoms with Crippen LogP contribution in [0.1, 0.15) is 26.7 Å². The van der Waals surface area contributed by atoms with Crippen LogP contribution >= 0.6 is 0 Å². The van der Waals surface area contributed by atoms with Gasteiger partial charge in [0.15, 0.2) is 0 Å². The van der Waals surface area contributed by atoms with E-state index < -0.39 is 40.1 Å². The lowest BCUT2D eigenvalue weighted by molar-refractivity contribution is 0.0153. The van der Waals surface area contributed by atoms with Crippen molar-refractivity contribution in [1.29, 1.82) is 0 Å². The highest BCUT2D eigenvalue weighted by Crippen LogP contribution is 2.26. The highest BCUT2D eigenvalue weighted by molar-refractivity contribution is 6.88. The van der Waals surface area contributed by atoms with Crippen molar-refractivity contribution >= 4 is 34.0 Å². The van der Waals surface area contributed by atoms with E-state index in [9.17, 15) is 5.11 Å². The third-order valence-electron chi connectivity index (χ3n) is 4.07. The van der Waals surface area contributed by atoms with Gasteiger partial charge in [-0.25, -0.2) is 0 Å². The van der Waals surface area contributed by atoms with Crippen LogP contribution in [0.3, 0.4) is 0 Å². The molecule has 29 heavy (non-hydrogen) atoms. The predicted octanol–water partition coefficient (Wildman–Crippen LogP) is 4.12. The lowest BCUT2D eigenvalue weighted by atomic mass is 10.4. The summed E-state index contributed by atoms with van der Waals surface area (Å²) in [6.45, 7) is 19.9. The Hall–Kier alpha value is 0.588. The first kappa shape index (κ1) is 29.6. The third kappa shape index (κ3) is 15.1. The average molecular weight is 487 g/mol. The third-order valence-corrected chi connectivity index (χ3v) is 18.9. The molecule has 0 saturated carbocycles. The molecule has 0 aliphatic rings. The van der Waals surface area contributed by atoms with E-state index in [0.29, 0.717) is 26.1 Å². The summed E-state index contributed by atoms with van der Waals surface area (Å²) in [6.07, 6.45) is 2.37. The van der Waals surface area contributed by atoms with E-state index in [0.717, 1.165) is 18.9 Å². The van der Waals surface area contributed by atoms with Crippen LogP contribution < -0.4 is 0 Å². The van der Waals surface area contributed by atoms with Crippen molar-refractivity contribution in [3.8, 4) is 0 Å². The Bertz CT molecular complexity index is 450. The highest BCUT2D eigenvalue weighted by atomic mass is 28.5. The molecule has 2 unspecified atom stereocenters. The molecule has 0 aromatic rings. The van der Waals surface area contributed by atoms with Crippen LogP contribution in [-0.4, -0.2) is 78.4 Å². The maximum absolute atomic E-state index is 9.19. The number of rotatable bonds is 17. The molecule has 0 aliphatic heterocycles. The minimum Gasteiger partial charge on any atom is -0.435 e. The number of aliphatic hydroxyl groups excluding tert-OH is 1. The average Bonchev–Trinajstić information content (AvgIpc) is 2.53. The summed E-state index contributed by atoms with van der Waals surface area (Å²) in [4.78, 5) is 0. The van der Waals surface area contributed by atoms with Crippen molar-refractivity contribution in [3.05, 3.63) is 0 Å². The summed E-state index contributed by atoms with van der Waals surface area (Å²) >= 11 is 0. The Balaban J connectivity index is 4.61. The Morgan fingerprint density at radius 1 is 0.828 bits per heavy atom. The quantitative estimate of drug-likeness (QED) is 0.245. The van der Waals surface area contributed by atoms with Gasteiger partial charge in [0.25, 0.3) is 0 Å². The fraction of sp³-hybridized carbons (Fsp3) is 1.00. The molecule has 0 amide bonds. The molecule has 0 saturated heterocycles. The van der Waals surface area contributed by atoms with Gasteiger partial charge in [0.05, 0.1) is 32.2 Å². The van der Waals surface area contributed by atoms with E-state index in [2.05, 4.69) is 52.8 Å². The van der Waals surface area contributed by atoms with Crippen LogP contribution in [0, 0.1) is 0 Å². The zero-order chi connectivity index (χ0) is 22.8. The monoisotopic (exact) mass is 486 g/mol. The van der Waals surface area contributed by atoms with Crippen molar-refractivity contribution in [3.63, 3.8) is 0 Å². The maximum Gasteiger partial charge on any atom is 0.325 e. The predicted molar refractivity (Wildman–Crippen MR) is 127 cm³/mol. The van der Waals surface area contributed by atoms with Gasteiger partial charge in [-0.2, -0.15) is 0 Å². The van der Waals surface area contributed by atoms with Gasteiger partial charge in [0.1, 0.15) is 0 Å². The Morgan fingerprint density at radius 2 is 1.38 bits per heavy atom. The zero-order valence-electron chi connectivity index (χ0n) is 20.4. The first-order valence-corrected chi connectivity index (χ1v) is 21.9. The molecule has 0 heterocycles. The molecule has 0 aliphatic carbocycles. The standard InChI is InChI=1S/C18H46O7Si4/c1-11-12-15-29(10,20-3)25-28(8,9)24-27(6,7)23-26(4,5)17-22-14-13-21-16-18(2)19/h18-19H,11-17H2,1-10H3. The molecule has 0 bridgehead atoms. The summed E-state index contributed by atoms with van der Waals surface area (Å²) in [6, 6.07) is 0.980. The molecule has 0 fully saturated rings. The van der Waals surface area contributed by atoms with Gasteiger partial charge in [-0.3, -0.25) is 0 Å². The number of hydrogen-bond acceptors (Lipinski definition) is 7. The van der Waals surface area contributed by atoms with Crippen molar-refractivity contribution < 1.29 is 31.4 Å². The lowest BCUT2D eigenvalue weighted by Gasteiger charge is -2.41. The van der Waals surface area contributed by atoms with Crippen LogP contribution in [0.15, 0.2) is 0 Å². The van der Waals surface area contributed by atoms with Crippen LogP contribution in [0.5, 0.6) is 0 Å². The van der Waals surface area contributed by atoms with E-state index in [1.165, 1.54) is 0 Å². The van der Waals surface area contributed by atoms with E-state index in [1.54, 1.807) is 14.0 Å². The van der Waals surface area contributed by atoms with Gasteiger partial charge in [0.2, 0.25) is 8.32 Å². The molecule has 7 nitrogen and oxygen atoms in total. The number of aliphatic hydroxyl groups is 1. The van der Waals surface area contributed by atoms with Crippen molar-refractivity contribution in [2.75, 3.05) is 33.2 Å². The fourth-order valence-corrected chi connectivity index (χ4v) is 21.3. The molecule has 11 heteroatoms. The summed E-state index contributed by atoms with van der Waals surface area (Å²) in [5.41, 5.74) is 0. The van der Waals surface area contributed by atoms with Gasteiger partial charge < -0.3 is 31.4 Å². The SMILES string of the molecule is CCCC[Si](C)(OC)O[Si](C)(C)O[Si](C)(C)O[Si](C)(C)COCCOCC(C)O. The normalized spacial score (nSPS) is 16.7.